The molecule has 2 aliphatic rings. The first-order valence-electron chi connectivity index (χ1n) is 13.2. The second-order valence-corrected chi connectivity index (χ2v) is 13.9. The van der Waals surface area contributed by atoms with Crippen LogP contribution >= 0.6 is 0 Å². The molecule has 0 N–H and O–H groups in total. The van der Waals surface area contributed by atoms with Crippen molar-refractivity contribution >= 4 is 16.1 Å². The molecule has 0 amide bonds. The van der Waals surface area contributed by atoms with Crippen molar-refractivity contribution in [2.24, 2.45) is 5.41 Å². The number of hydrogen-bond donors (Lipinski definition) is 0. The van der Waals surface area contributed by atoms with Gasteiger partial charge in [-0.05, 0) is 98.9 Å². The second-order valence-electron chi connectivity index (χ2n) is 12.0. The van der Waals surface area contributed by atoms with Crippen LogP contribution in [-0.4, -0.2) is 61.1 Å². The summed E-state index contributed by atoms with van der Waals surface area (Å²) in [6.07, 6.45) is 6.32. The first-order valence-corrected chi connectivity index (χ1v) is 14.6. The van der Waals surface area contributed by atoms with E-state index in [-0.39, 0.29) is 16.6 Å². The van der Waals surface area contributed by atoms with Crippen LogP contribution < -0.4 is 0 Å². The number of aromatic nitrogens is 2. The molecule has 0 spiro atoms. The van der Waals surface area contributed by atoms with E-state index in [4.69, 9.17) is 0 Å². The van der Waals surface area contributed by atoms with Crippen molar-refractivity contribution in [1.82, 2.24) is 19.0 Å². The Balaban J connectivity index is 1.48. The first kappa shape index (κ1) is 26.8. The lowest BCUT2D eigenvalue weighted by Crippen LogP contribution is -2.50. The van der Waals surface area contributed by atoms with Gasteiger partial charge in [0.25, 0.3) is 0 Å². The van der Waals surface area contributed by atoms with Gasteiger partial charge in [-0.2, -0.15) is 9.40 Å². The molecule has 2 aromatic carbocycles. The molecule has 1 saturated heterocycles. The van der Waals surface area contributed by atoms with Crippen LogP contribution in [-0.2, 0) is 21.9 Å². The molecule has 0 radical (unpaired) electrons. The zero-order chi connectivity index (χ0) is 27.3. The molecule has 0 bridgehead atoms. The Labute approximate surface area is 225 Å². The number of fused-ring (bicyclic) bond motifs is 2. The van der Waals surface area contributed by atoms with Gasteiger partial charge < -0.3 is 4.90 Å². The maximum Gasteiger partial charge on any atom is 0.243 e. The highest BCUT2D eigenvalue weighted by molar-refractivity contribution is 7.89. The molecule has 202 valence electrons. The second kappa shape index (κ2) is 9.74. The van der Waals surface area contributed by atoms with Crippen LogP contribution in [0.3, 0.4) is 0 Å². The number of rotatable bonds is 6. The van der Waals surface area contributed by atoms with Gasteiger partial charge in [-0.15, -0.1) is 0 Å². The molecule has 1 fully saturated rings. The third-order valence-electron chi connectivity index (χ3n) is 7.98. The van der Waals surface area contributed by atoms with Crippen LogP contribution in [0.4, 0.5) is 4.39 Å². The van der Waals surface area contributed by atoms with E-state index in [1.165, 1.54) is 17.7 Å². The van der Waals surface area contributed by atoms with E-state index < -0.39 is 10.0 Å². The van der Waals surface area contributed by atoms with Crippen LogP contribution in [0.1, 0.15) is 50.4 Å². The van der Waals surface area contributed by atoms with Crippen molar-refractivity contribution in [3.05, 3.63) is 82.9 Å². The van der Waals surface area contributed by atoms with Crippen LogP contribution in [0, 0.1) is 11.2 Å². The minimum absolute atomic E-state index is 0.0402. The number of hydrogen-bond acceptors (Lipinski definition) is 4. The summed E-state index contributed by atoms with van der Waals surface area (Å²) in [5.41, 5.74) is 4.94. The largest absolute Gasteiger partial charge is 0.309 e. The van der Waals surface area contributed by atoms with E-state index in [1.807, 2.05) is 23.0 Å². The fraction of sp³-hybridized carbons (Fsp3) is 0.433. The molecule has 38 heavy (non-hydrogen) atoms. The lowest BCUT2D eigenvalue weighted by Gasteiger charge is -2.46. The Bertz CT molecular complexity index is 1450. The van der Waals surface area contributed by atoms with Gasteiger partial charge in [0.05, 0.1) is 22.5 Å². The number of halogens is 1. The van der Waals surface area contributed by atoms with Crippen molar-refractivity contribution in [1.29, 1.82) is 0 Å². The number of nitrogens with zero attached hydrogens (tertiary/aromatic N) is 4. The van der Waals surface area contributed by atoms with Crippen molar-refractivity contribution < 1.29 is 12.8 Å². The summed E-state index contributed by atoms with van der Waals surface area (Å²) in [5.74, 6) is -0.280. The van der Waals surface area contributed by atoms with E-state index in [1.54, 1.807) is 28.6 Å². The van der Waals surface area contributed by atoms with Gasteiger partial charge in [0.2, 0.25) is 10.0 Å². The molecular weight excluding hydrogens is 499 g/mol. The Morgan fingerprint density at radius 2 is 1.74 bits per heavy atom. The van der Waals surface area contributed by atoms with Crippen molar-refractivity contribution in [3.63, 3.8) is 0 Å². The molecule has 1 aromatic heterocycles. The predicted molar refractivity (Wildman–Crippen MR) is 149 cm³/mol. The highest BCUT2D eigenvalue weighted by atomic mass is 32.2. The third kappa shape index (κ3) is 4.97. The summed E-state index contributed by atoms with van der Waals surface area (Å²) >= 11 is 0. The Hall–Kier alpha value is -2.81. The van der Waals surface area contributed by atoms with E-state index in [2.05, 4.69) is 50.9 Å². The summed E-state index contributed by atoms with van der Waals surface area (Å²) in [6.45, 7) is 8.11. The van der Waals surface area contributed by atoms with Crippen LogP contribution in [0.25, 0.3) is 11.8 Å². The molecule has 2 heterocycles. The van der Waals surface area contributed by atoms with E-state index >= 15 is 0 Å². The smallest absolute Gasteiger partial charge is 0.243 e. The van der Waals surface area contributed by atoms with Crippen molar-refractivity contribution in [2.45, 2.75) is 50.3 Å². The van der Waals surface area contributed by atoms with Gasteiger partial charge in [0.1, 0.15) is 5.82 Å². The maximum atomic E-state index is 13.8. The maximum absolute atomic E-state index is 13.8. The summed E-state index contributed by atoms with van der Waals surface area (Å²) < 4.78 is 44.7. The molecule has 3 aromatic rings. The lowest BCUT2D eigenvalue weighted by molar-refractivity contribution is 0.180. The molecule has 0 saturated carbocycles. The van der Waals surface area contributed by atoms with Crippen LogP contribution in [0.5, 0.6) is 0 Å². The SMILES string of the molecule is CN(C)CCC12Cc3cnn(-c4ccc(F)cc4)c3C=C1CCN(S(=O)(=O)c1ccc(C(C)(C)C)cc1)C2. The van der Waals surface area contributed by atoms with E-state index in [9.17, 15) is 12.8 Å². The first-order chi connectivity index (χ1) is 17.9. The van der Waals surface area contributed by atoms with Gasteiger partial charge in [0, 0.05) is 18.5 Å². The monoisotopic (exact) mass is 536 g/mol. The van der Waals surface area contributed by atoms with Gasteiger partial charge in [-0.25, -0.2) is 17.5 Å². The zero-order valence-corrected chi connectivity index (χ0v) is 23.7. The molecule has 1 aliphatic carbocycles. The fourth-order valence-electron chi connectivity index (χ4n) is 5.67. The average molecular weight is 537 g/mol. The minimum atomic E-state index is -3.63. The molecular formula is C30H37FN4O2S. The molecule has 6 nitrogen and oxygen atoms in total. The summed E-state index contributed by atoms with van der Waals surface area (Å²) in [6, 6.07) is 13.7. The minimum Gasteiger partial charge on any atom is -0.309 e. The van der Waals surface area contributed by atoms with Gasteiger partial charge in [-0.1, -0.05) is 38.5 Å². The predicted octanol–water partition coefficient (Wildman–Crippen LogP) is 5.28. The lowest BCUT2D eigenvalue weighted by atomic mass is 9.67. The van der Waals surface area contributed by atoms with Crippen molar-refractivity contribution in [2.75, 3.05) is 33.7 Å². The van der Waals surface area contributed by atoms with Crippen LogP contribution in [0.2, 0.25) is 0 Å². The van der Waals surface area contributed by atoms with Gasteiger partial charge in [0.15, 0.2) is 0 Å². The van der Waals surface area contributed by atoms with Gasteiger partial charge >= 0.3 is 0 Å². The summed E-state index contributed by atoms with van der Waals surface area (Å²) in [5, 5.41) is 4.63. The number of benzene rings is 2. The quantitative estimate of drug-likeness (QED) is 0.430. The van der Waals surface area contributed by atoms with Crippen molar-refractivity contribution in [3.8, 4) is 5.69 Å². The zero-order valence-electron chi connectivity index (χ0n) is 22.9. The Morgan fingerprint density at radius 3 is 2.37 bits per heavy atom. The highest BCUT2D eigenvalue weighted by Gasteiger charge is 2.45. The molecule has 1 unspecified atom stereocenters. The molecule has 8 heteroatoms. The summed E-state index contributed by atoms with van der Waals surface area (Å²) in [7, 11) is 0.467. The molecule has 1 aliphatic heterocycles. The topological polar surface area (TPSA) is 58.4 Å². The number of sulfonamides is 1. The molecule has 5 rings (SSSR count). The number of piperidine rings is 1. The Morgan fingerprint density at radius 1 is 1.05 bits per heavy atom. The van der Waals surface area contributed by atoms with Crippen LogP contribution in [0.15, 0.2) is 65.2 Å². The van der Waals surface area contributed by atoms with E-state index in [0.717, 1.165) is 41.9 Å². The third-order valence-corrected chi connectivity index (χ3v) is 9.84. The average Bonchev–Trinajstić information content (AvgIpc) is 3.28. The van der Waals surface area contributed by atoms with E-state index in [0.29, 0.717) is 24.4 Å². The highest BCUT2D eigenvalue weighted by Crippen LogP contribution is 2.47. The fourth-order valence-corrected chi connectivity index (χ4v) is 7.20. The standard InChI is InChI=1S/C30H37FN4O2S/c1-29(2,3)23-6-12-27(13-7-23)38(36,37)34-16-14-24-18-28-22(19-30(24,21-34)15-17-33(4)5)20-32-35(28)26-10-8-25(31)9-11-26/h6-13,18,20H,14-17,19,21H2,1-5H3. The normalized spacial score (nSPS) is 20.2. The summed E-state index contributed by atoms with van der Waals surface area (Å²) in [4.78, 5) is 2.50. The van der Waals surface area contributed by atoms with Gasteiger partial charge in [-0.3, -0.25) is 0 Å². The Kier molecular flexibility index (Phi) is 6.86. The molecule has 1 atom stereocenters.